The summed E-state index contributed by atoms with van der Waals surface area (Å²) in [7, 11) is 0. The Hall–Kier alpha value is -3.62. The van der Waals surface area contributed by atoms with E-state index in [-0.39, 0.29) is 18.4 Å². The van der Waals surface area contributed by atoms with Crippen LogP contribution in [0.5, 0.6) is 5.75 Å². The van der Waals surface area contributed by atoms with Crippen LogP contribution in [0.3, 0.4) is 0 Å². The van der Waals surface area contributed by atoms with E-state index >= 15 is 4.39 Å². The van der Waals surface area contributed by atoms with Gasteiger partial charge in [0, 0.05) is 23.3 Å². The minimum Gasteiger partial charge on any atom is -0.399 e. The molecule has 0 spiro atoms. The molecule has 4 rings (SSSR count). The van der Waals surface area contributed by atoms with Gasteiger partial charge in [-0.2, -0.15) is 0 Å². The zero-order valence-electron chi connectivity index (χ0n) is 19.3. The molecule has 188 valence electrons. The summed E-state index contributed by atoms with van der Waals surface area (Å²) in [6.07, 6.45) is 1.51. The van der Waals surface area contributed by atoms with Crippen LogP contribution >= 0.6 is 0 Å². The maximum absolute atomic E-state index is 15.2. The van der Waals surface area contributed by atoms with Crippen LogP contribution in [0.25, 0.3) is 22.2 Å². The van der Waals surface area contributed by atoms with Crippen molar-refractivity contribution in [2.24, 2.45) is 0 Å². The molecular formula is C27H22F6N2O. The number of hydrogen-bond acceptors (Lipinski definition) is 3. The fourth-order valence-corrected chi connectivity index (χ4v) is 3.93. The van der Waals surface area contributed by atoms with E-state index in [9.17, 15) is 22.0 Å². The van der Waals surface area contributed by atoms with Crippen molar-refractivity contribution in [2.75, 3.05) is 0 Å². The lowest BCUT2D eigenvalue weighted by molar-refractivity contribution is -0.276. The summed E-state index contributed by atoms with van der Waals surface area (Å²) in [4.78, 5) is 8.83. The fraction of sp³-hybridized carbons (Fsp3) is 0.259. The molecule has 3 aromatic carbocycles. The summed E-state index contributed by atoms with van der Waals surface area (Å²) in [6, 6.07) is 9.94. The van der Waals surface area contributed by atoms with Crippen molar-refractivity contribution in [3.05, 3.63) is 89.0 Å². The van der Waals surface area contributed by atoms with Gasteiger partial charge in [0.05, 0.1) is 0 Å². The molecule has 36 heavy (non-hydrogen) atoms. The van der Waals surface area contributed by atoms with Crippen LogP contribution in [0.2, 0.25) is 0 Å². The third-order valence-corrected chi connectivity index (χ3v) is 5.78. The lowest BCUT2D eigenvalue weighted by atomic mass is 9.98. The number of alkyl halides is 3. The molecule has 0 saturated carbocycles. The molecule has 1 heterocycles. The molecule has 0 saturated heterocycles. The van der Waals surface area contributed by atoms with E-state index < -0.39 is 29.6 Å². The zero-order valence-corrected chi connectivity index (χ0v) is 19.3. The molecule has 4 aromatic rings. The predicted octanol–water partition coefficient (Wildman–Crippen LogP) is 7.74. The highest BCUT2D eigenvalue weighted by Crippen LogP contribution is 2.31. The van der Waals surface area contributed by atoms with Crippen LogP contribution in [-0.2, 0) is 19.3 Å². The molecule has 0 aliphatic heterocycles. The molecule has 0 unspecified atom stereocenters. The summed E-state index contributed by atoms with van der Waals surface area (Å²) in [5.74, 6) is -4.42. The van der Waals surface area contributed by atoms with Crippen molar-refractivity contribution in [3.8, 4) is 17.1 Å². The molecule has 0 aliphatic carbocycles. The Morgan fingerprint density at radius 1 is 0.806 bits per heavy atom. The topological polar surface area (TPSA) is 35.0 Å². The van der Waals surface area contributed by atoms with Gasteiger partial charge in [-0.1, -0.05) is 37.6 Å². The summed E-state index contributed by atoms with van der Waals surface area (Å²) in [6.45, 7) is 2.11. The number of ether oxygens (including phenoxy) is 1. The van der Waals surface area contributed by atoms with Crippen LogP contribution in [0.4, 0.5) is 26.3 Å². The molecule has 0 bridgehead atoms. The average molecular weight is 504 g/mol. The number of fused-ring (bicyclic) bond motifs is 1. The molecule has 0 amide bonds. The Morgan fingerprint density at radius 3 is 2.14 bits per heavy atom. The first-order chi connectivity index (χ1) is 17.1. The lowest BCUT2D eigenvalue weighted by Gasteiger charge is -2.12. The number of unbranched alkanes of at least 4 members (excludes halogenated alkanes) is 1. The molecular weight excluding hydrogens is 482 g/mol. The van der Waals surface area contributed by atoms with Gasteiger partial charge in [0.15, 0.2) is 17.5 Å². The third kappa shape index (κ3) is 5.95. The second kappa shape index (κ2) is 10.6. The SMILES string of the molecule is CCCCc1cnc(-c2ccc3c(F)c(CCc4cc(F)c(OC(F)(F)F)c(F)c4)ccc3c2)nc1. The molecule has 9 heteroatoms. The average Bonchev–Trinajstić information content (AvgIpc) is 2.84. The molecule has 0 N–H and O–H groups in total. The minimum absolute atomic E-state index is 0.0128. The van der Waals surface area contributed by atoms with E-state index in [1.807, 2.05) is 0 Å². The standard InChI is InChI=1S/C27H22F6N2O/c1-2-3-4-17-14-34-26(35-15-17)20-9-10-21-19(13-20)8-7-18(24(21)30)6-5-16-11-22(28)25(23(29)12-16)36-27(31,32)33/h7-15H,2-6H2,1H3. The minimum atomic E-state index is -5.22. The summed E-state index contributed by atoms with van der Waals surface area (Å²) in [5.41, 5.74) is 2.18. The van der Waals surface area contributed by atoms with Gasteiger partial charge >= 0.3 is 6.36 Å². The van der Waals surface area contributed by atoms with E-state index in [1.54, 1.807) is 42.7 Å². The van der Waals surface area contributed by atoms with E-state index in [0.29, 0.717) is 22.2 Å². The fourth-order valence-electron chi connectivity index (χ4n) is 3.93. The number of hydrogen-bond donors (Lipinski definition) is 0. The number of nitrogens with zero attached hydrogens (tertiary/aromatic N) is 2. The van der Waals surface area contributed by atoms with Crippen LogP contribution in [0.15, 0.2) is 54.9 Å². The highest BCUT2D eigenvalue weighted by Gasteiger charge is 2.34. The lowest BCUT2D eigenvalue weighted by Crippen LogP contribution is -2.19. The van der Waals surface area contributed by atoms with E-state index in [2.05, 4.69) is 21.6 Å². The van der Waals surface area contributed by atoms with Crippen LogP contribution in [0.1, 0.15) is 36.5 Å². The normalized spacial score (nSPS) is 11.8. The van der Waals surface area contributed by atoms with Crippen molar-refractivity contribution >= 4 is 10.8 Å². The number of rotatable bonds is 8. The quantitative estimate of drug-likeness (QED) is 0.230. The first-order valence-corrected chi connectivity index (χ1v) is 11.4. The van der Waals surface area contributed by atoms with Gasteiger partial charge in [0.1, 0.15) is 5.82 Å². The van der Waals surface area contributed by atoms with Gasteiger partial charge in [0.25, 0.3) is 0 Å². The van der Waals surface area contributed by atoms with Gasteiger partial charge in [-0.15, -0.1) is 13.2 Å². The first kappa shape index (κ1) is 25.5. The molecule has 3 nitrogen and oxygen atoms in total. The van der Waals surface area contributed by atoms with Gasteiger partial charge in [-0.3, -0.25) is 0 Å². The van der Waals surface area contributed by atoms with Crippen LogP contribution in [0, 0.1) is 17.5 Å². The van der Waals surface area contributed by atoms with Gasteiger partial charge < -0.3 is 4.74 Å². The Morgan fingerprint density at radius 2 is 1.50 bits per heavy atom. The first-order valence-electron chi connectivity index (χ1n) is 11.4. The van der Waals surface area contributed by atoms with Gasteiger partial charge in [0.2, 0.25) is 5.75 Å². The summed E-state index contributed by atoms with van der Waals surface area (Å²) >= 11 is 0. The van der Waals surface area contributed by atoms with Crippen LogP contribution < -0.4 is 4.74 Å². The Balaban J connectivity index is 1.51. The van der Waals surface area contributed by atoms with Gasteiger partial charge in [-0.25, -0.2) is 23.1 Å². The second-order valence-corrected chi connectivity index (χ2v) is 8.43. The molecule has 0 radical (unpaired) electrons. The number of aryl methyl sites for hydroxylation is 3. The molecule has 1 aromatic heterocycles. The third-order valence-electron chi connectivity index (χ3n) is 5.78. The summed E-state index contributed by atoms with van der Waals surface area (Å²) in [5, 5.41) is 1.00. The van der Waals surface area contributed by atoms with Crippen molar-refractivity contribution < 1.29 is 31.1 Å². The number of benzene rings is 3. The van der Waals surface area contributed by atoms with E-state index in [0.717, 1.165) is 42.5 Å². The van der Waals surface area contributed by atoms with Crippen molar-refractivity contribution in [3.63, 3.8) is 0 Å². The monoisotopic (exact) mass is 504 g/mol. The smallest absolute Gasteiger partial charge is 0.399 e. The Kier molecular flexibility index (Phi) is 7.47. The van der Waals surface area contributed by atoms with Gasteiger partial charge in [-0.05, 0) is 66.0 Å². The van der Waals surface area contributed by atoms with Crippen LogP contribution in [-0.4, -0.2) is 16.3 Å². The summed E-state index contributed by atoms with van der Waals surface area (Å²) < 4.78 is 83.4. The van der Waals surface area contributed by atoms with E-state index in [1.165, 1.54) is 0 Å². The largest absolute Gasteiger partial charge is 0.573 e. The molecule has 0 atom stereocenters. The maximum atomic E-state index is 15.2. The highest BCUT2D eigenvalue weighted by atomic mass is 19.4. The highest BCUT2D eigenvalue weighted by molar-refractivity contribution is 5.87. The molecule has 0 aliphatic rings. The zero-order chi connectivity index (χ0) is 25.9. The van der Waals surface area contributed by atoms with Crippen molar-refractivity contribution in [1.29, 1.82) is 0 Å². The van der Waals surface area contributed by atoms with Crippen molar-refractivity contribution in [1.82, 2.24) is 9.97 Å². The maximum Gasteiger partial charge on any atom is 0.573 e. The molecule has 0 fully saturated rings. The number of halogens is 6. The second-order valence-electron chi connectivity index (χ2n) is 8.43. The number of aromatic nitrogens is 2. The van der Waals surface area contributed by atoms with E-state index in [4.69, 9.17) is 0 Å². The Bertz CT molecular complexity index is 1350. The van der Waals surface area contributed by atoms with Crippen molar-refractivity contribution in [2.45, 2.75) is 45.4 Å². The Labute approximate surface area is 203 Å². The predicted molar refractivity (Wildman–Crippen MR) is 124 cm³/mol.